The van der Waals surface area contributed by atoms with Crippen LogP contribution in [0.15, 0.2) is 0 Å². The molecule has 0 aromatic carbocycles. The Hall–Kier alpha value is -0.0800. The first-order chi connectivity index (χ1) is 6.38. The molecule has 1 aliphatic carbocycles. The molecule has 1 aliphatic rings. The van der Waals surface area contributed by atoms with Crippen molar-refractivity contribution in [1.29, 1.82) is 0 Å². The van der Waals surface area contributed by atoms with E-state index in [9.17, 15) is 0 Å². The highest BCUT2D eigenvalue weighted by atomic mass is 16.5. The first-order valence-corrected chi connectivity index (χ1v) is 5.63. The number of nitrogens with one attached hydrogen (secondary N) is 1. The van der Waals surface area contributed by atoms with Crippen LogP contribution in [-0.4, -0.2) is 26.3 Å². The maximum Gasteiger partial charge on any atom is 0.0508 e. The lowest BCUT2D eigenvalue weighted by molar-refractivity contribution is 0.0923. The highest BCUT2D eigenvalue weighted by Crippen LogP contribution is 2.23. The third kappa shape index (κ3) is 3.65. The second-order valence-electron chi connectivity index (χ2n) is 3.95. The smallest absolute Gasteiger partial charge is 0.0508 e. The van der Waals surface area contributed by atoms with Crippen molar-refractivity contribution in [2.24, 2.45) is 5.92 Å². The second-order valence-corrected chi connectivity index (χ2v) is 3.95. The van der Waals surface area contributed by atoms with E-state index in [1.165, 1.54) is 32.1 Å². The van der Waals surface area contributed by atoms with Gasteiger partial charge in [-0.1, -0.05) is 19.3 Å². The second kappa shape index (κ2) is 6.39. The quantitative estimate of drug-likeness (QED) is 0.678. The molecule has 0 spiro atoms. The third-order valence-corrected chi connectivity index (χ3v) is 3.07. The molecule has 0 aromatic heterocycles. The Morgan fingerprint density at radius 3 is 2.69 bits per heavy atom. The molecule has 78 valence electrons. The first kappa shape index (κ1) is 11.0. The normalized spacial score (nSPS) is 30.0. The van der Waals surface area contributed by atoms with Crippen molar-refractivity contribution in [3.63, 3.8) is 0 Å². The highest BCUT2D eigenvalue weighted by molar-refractivity contribution is 4.78. The largest absolute Gasteiger partial charge is 0.381 e. The van der Waals surface area contributed by atoms with Crippen LogP contribution in [0.25, 0.3) is 0 Å². The van der Waals surface area contributed by atoms with Crippen molar-refractivity contribution < 1.29 is 4.74 Å². The van der Waals surface area contributed by atoms with Crippen LogP contribution in [0, 0.1) is 5.92 Å². The van der Waals surface area contributed by atoms with Gasteiger partial charge in [0.1, 0.15) is 0 Å². The molecule has 1 N–H and O–H groups in total. The predicted molar refractivity (Wildman–Crippen MR) is 55.9 cm³/mol. The molecule has 2 unspecified atom stereocenters. The van der Waals surface area contributed by atoms with Crippen molar-refractivity contribution in [2.75, 3.05) is 20.3 Å². The van der Waals surface area contributed by atoms with Crippen molar-refractivity contribution in [2.45, 2.75) is 45.1 Å². The number of hydrogen-bond donors (Lipinski definition) is 1. The van der Waals surface area contributed by atoms with Gasteiger partial charge >= 0.3 is 0 Å². The van der Waals surface area contributed by atoms with E-state index in [1.54, 1.807) is 0 Å². The van der Waals surface area contributed by atoms with Gasteiger partial charge < -0.3 is 10.1 Å². The Labute approximate surface area is 82.0 Å². The maximum absolute atomic E-state index is 5.52. The van der Waals surface area contributed by atoms with Crippen molar-refractivity contribution >= 4 is 0 Å². The van der Waals surface area contributed by atoms with Crippen LogP contribution in [0.2, 0.25) is 0 Å². The summed E-state index contributed by atoms with van der Waals surface area (Å²) < 4.78 is 5.52. The monoisotopic (exact) mass is 185 g/mol. The van der Waals surface area contributed by atoms with E-state index >= 15 is 0 Å². The lowest BCUT2D eigenvalue weighted by Crippen LogP contribution is -2.35. The van der Waals surface area contributed by atoms with Crippen LogP contribution in [0.4, 0.5) is 0 Å². The summed E-state index contributed by atoms with van der Waals surface area (Å²) in [6.07, 6.45) is 6.84. The molecule has 2 atom stereocenters. The summed E-state index contributed by atoms with van der Waals surface area (Å²) in [6.45, 7) is 3.88. The molecule has 0 saturated heterocycles. The van der Waals surface area contributed by atoms with Crippen LogP contribution in [0.1, 0.15) is 39.0 Å². The zero-order valence-electron chi connectivity index (χ0n) is 9.01. The van der Waals surface area contributed by atoms with E-state index in [-0.39, 0.29) is 0 Å². The van der Waals surface area contributed by atoms with Gasteiger partial charge in [0, 0.05) is 12.6 Å². The van der Waals surface area contributed by atoms with Crippen LogP contribution in [-0.2, 0) is 4.74 Å². The molecule has 0 aliphatic heterocycles. The van der Waals surface area contributed by atoms with Gasteiger partial charge in [-0.15, -0.1) is 0 Å². The van der Waals surface area contributed by atoms with Gasteiger partial charge in [0.15, 0.2) is 0 Å². The van der Waals surface area contributed by atoms with Gasteiger partial charge in [-0.25, -0.2) is 0 Å². The zero-order chi connectivity index (χ0) is 9.52. The summed E-state index contributed by atoms with van der Waals surface area (Å²) in [5.41, 5.74) is 0. The van der Waals surface area contributed by atoms with Gasteiger partial charge in [0.2, 0.25) is 0 Å². The average molecular weight is 185 g/mol. The fraction of sp³-hybridized carbons (Fsp3) is 1.00. The Kier molecular flexibility index (Phi) is 5.40. The first-order valence-electron chi connectivity index (χ1n) is 5.63. The van der Waals surface area contributed by atoms with Gasteiger partial charge in [-0.3, -0.25) is 0 Å². The van der Waals surface area contributed by atoms with Gasteiger partial charge in [-0.2, -0.15) is 0 Å². The molecule has 1 rings (SSSR count). The van der Waals surface area contributed by atoms with E-state index < -0.39 is 0 Å². The van der Waals surface area contributed by atoms with Gasteiger partial charge in [-0.05, 0) is 32.7 Å². The minimum atomic E-state index is 0.689. The Morgan fingerprint density at radius 2 is 2.00 bits per heavy atom. The van der Waals surface area contributed by atoms with Crippen molar-refractivity contribution in [1.82, 2.24) is 5.32 Å². The molecule has 1 saturated carbocycles. The lowest BCUT2D eigenvalue weighted by atomic mass is 9.96. The fourth-order valence-electron chi connectivity index (χ4n) is 2.23. The highest BCUT2D eigenvalue weighted by Gasteiger charge is 2.21. The van der Waals surface area contributed by atoms with E-state index in [1.807, 2.05) is 0 Å². The van der Waals surface area contributed by atoms with Crippen molar-refractivity contribution in [3.05, 3.63) is 0 Å². The number of ether oxygens (including phenoxy) is 1. The third-order valence-electron chi connectivity index (χ3n) is 3.07. The van der Waals surface area contributed by atoms with E-state index in [4.69, 9.17) is 4.74 Å². The zero-order valence-corrected chi connectivity index (χ0v) is 9.01. The molecular formula is C11H23NO. The Balaban J connectivity index is 2.34. The van der Waals surface area contributed by atoms with Crippen LogP contribution in [0.3, 0.4) is 0 Å². The van der Waals surface area contributed by atoms with Gasteiger partial charge in [0.05, 0.1) is 6.61 Å². The Morgan fingerprint density at radius 1 is 1.23 bits per heavy atom. The fourth-order valence-corrected chi connectivity index (χ4v) is 2.23. The van der Waals surface area contributed by atoms with E-state index in [0.717, 1.165) is 19.1 Å². The molecule has 2 nitrogen and oxygen atoms in total. The van der Waals surface area contributed by atoms with Crippen LogP contribution in [0.5, 0.6) is 0 Å². The molecule has 2 heteroatoms. The molecule has 1 fully saturated rings. The number of hydrogen-bond acceptors (Lipinski definition) is 2. The Bertz CT molecular complexity index is 127. The predicted octanol–water partition coefficient (Wildman–Crippen LogP) is 2.19. The lowest BCUT2D eigenvalue weighted by Gasteiger charge is -2.24. The van der Waals surface area contributed by atoms with Crippen LogP contribution >= 0.6 is 0 Å². The average Bonchev–Trinajstić information content (AvgIpc) is 2.39. The topological polar surface area (TPSA) is 21.3 Å². The van der Waals surface area contributed by atoms with Crippen LogP contribution < -0.4 is 5.32 Å². The molecule has 0 bridgehead atoms. The summed E-state index contributed by atoms with van der Waals surface area (Å²) in [4.78, 5) is 0. The standard InChI is InChI=1S/C11H23NO/c1-3-13-9-10-7-5-4-6-8-11(10)12-2/h10-12H,3-9H2,1-2H3. The minimum absolute atomic E-state index is 0.689. The SMILES string of the molecule is CCOCC1CCCCCC1NC. The minimum Gasteiger partial charge on any atom is -0.381 e. The summed E-state index contributed by atoms with van der Waals surface area (Å²) in [6, 6.07) is 0.689. The summed E-state index contributed by atoms with van der Waals surface area (Å²) in [7, 11) is 2.08. The molecule has 13 heavy (non-hydrogen) atoms. The molecular weight excluding hydrogens is 162 g/mol. The molecule has 0 radical (unpaired) electrons. The van der Waals surface area contributed by atoms with Gasteiger partial charge in [0.25, 0.3) is 0 Å². The molecule has 0 amide bonds. The van der Waals surface area contributed by atoms with Crippen molar-refractivity contribution in [3.8, 4) is 0 Å². The van der Waals surface area contributed by atoms with E-state index in [0.29, 0.717) is 6.04 Å². The summed E-state index contributed by atoms with van der Waals surface area (Å²) in [5, 5.41) is 3.42. The maximum atomic E-state index is 5.52. The molecule has 0 heterocycles. The molecule has 0 aromatic rings. The van der Waals surface area contributed by atoms with E-state index in [2.05, 4.69) is 19.3 Å². The number of rotatable bonds is 4. The summed E-state index contributed by atoms with van der Waals surface area (Å²) in [5.74, 6) is 0.743. The summed E-state index contributed by atoms with van der Waals surface area (Å²) >= 11 is 0.